The van der Waals surface area contributed by atoms with Crippen molar-refractivity contribution in [3.8, 4) is 0 Å². The maximum atomic E-state index is 13.4. The molecule has 2 aromatic rings. The molecule has 0 saturated heterocycles. The molecule has 0 aliphatic heterocycles. The summed E-state index contributed by atoms with van der Waals surface area (Å²) in [5.74, 6) is -0.505. The zero-order chi connectivity index (χ0) is 10.3. The van der Waals surface area contributed by atoms with Gasteiger partial charge in [-0.2, -0.15) is 0 Å². The van der Waals surface area contributed by atoms with E-state index in [1.54, 1.807) is 12.3 Å². The van der Waals surface area contributed by atoms with Crippen molar-refractivity contribution in [2.24, 2.45) is 0 Å². The fourth-order valence-electron chi connectivity index (χ4n) is 1.27. The Morgan fingerprint density at radius 1 is 1.43 bits per heavy atom. The van der Waals surface area contributed by atoms with Gasteiger partial charge in [-0.05, 0) is 34.7 Å². The molecule has 0 aliphatic rings. The molecule has 1 N–H and O–H groups in total. The van der Waals surface area contributed by atoms with Crippen LogP contribution < -0.4 is 5.56 Å². The third-order valence-electron chi connectivity index (χ3n) is 1.87. The van der Waals surface area contributed by atoms with Gasteiger partial charge < -0.3 is 4.98 Å². The third kappa shape index (κ3) is 1.58. The second-order valence-electron chi connectivity index (χ2n) is 2.78. The predicted molar refractivity (Wildman–Crippen MR) is 64.9 cm³/mol. The van der Waals surface area contributed by atoms with Crippen molar-refractivity contribution in [1.82, 2.24) is 4.98 Å². The first kappa shape index (κ1) is 10.1. The van der Waals surface area contributed by atoms with Crippen LogP contribution in [0.25, 0.3) is 10.8 Å². The van der Waals surface area contributed by atoms with E-state index >= 15 is 0 Å². The van der Waals surface area contributed by atoms with Gasteiger partial charge in [-0.1, -0.05) is 15.9 Å². The number of fused-ring (bicyclic) bond motifs is 1. The van der Waals surface area contributed by atoms with Crippen LogP contribution in [0.5, 0.6) is 0 Å². The first-order chi connectivity index (χ1) is 6.59. The van der Waals surface area contributed by atoms with Gasteiger partial charge in [-0.3, -0.25) is 4.79 Å². The summed E-state index contributed by atoms with van der Waals surface area (Å²) < 4.78 is 14.9. The van der Waals surface area contributed by atoms with E-state index in [4.69, 9.17) is 0 Å². The summed E-state index contributed by atoms with van der Waals surface area (Å²) >= 11 is 5.24. The SMILES string of the molecule is O=c1[nH]cc(I)c2cc(Br)cc(F)c12. The molecular weight excluding hydrogens is 364 g/mol. The molecule has 0 spiro atoms. The average Bonchev–Trinajstić information content (AvgIpc) is 2.10. The van der Waals surface area contributed by atoms with Crippen LogP contribution in [0, 0.1) is 9.39 Å². The zero-order valence-corrected chi connectivity index (χ0v) is 10.5. The van der Waals surface area contributed by atoms with Crippen molar-refractivity contribution in [1.29, 1.82) is 0 Å². The quantitative estimate of drug-likeness (QED) is 0.713. The lowest BCUT2D eigenvalue weighted by molar-refractivity contribution is 0.638. The van der Waals surface area contributed by atoms with Crippen molar-refractivity contribution < 1.29 is 4.39 Å². The summed E-state index contributed by atoms with van der Waals surface area (Å²) in [4.78, 5) is 13.8. The highest BCUT2D eigenvalue weighted by atomic mass is 127. The predicted octanol–water partition coefficient (Wildman–Crippen LogP) is 3.03. The van der Waals surface area contributed by atoms with E-state index < -0.39 is 11.4 Å². The van der Waals surface area contributed by atoms with Gasteiger partial charge in [0.15, 0.2) is 0 Å². The number of aromatic amines is 1. The molecule has 0 aliphatic carbocycles. The number of aromatic nitrogens is 1. The Bertz CT molecular complexity index is 566. The van der Waals surface area contributed by atoms with E-state index in [1.165, 1.54) is 6.07 Å². The van der Waals surface area contributed by atoms with Gasteiger partial charge in [-0.15, -0.1) is 0 Å². The molecule has 0 radical (unpaired) electrons. The minimum atomic E-state index is -0.505. The Morgan fingerprint density at radius 3 is 2.86 bits per heavy atom. The smallest absolute Gasteiger partial charge is 0.258 e. The van der Waals surface area contributed by atoms with E-state index in [0.29, 0.717) is 9.86 Å². The molecule has 5 heteroatoms. The molecule has 2 nitrogen and oxygen atoms in total. The van der Waals surface area contributed by atoms with Crippen molar-refractivity contribution >= 4 is 49.3 Å². The molecule has 14 heavy (non-hydrogen) atoms. The summed E-state index contributed by atoms with van der Waals surface area (Å²) in [6.07, 6.45) is 1.57. The highest BCUT2D eigenvalue weighted by molar-refractivity contribution is 14.1. The van der Waals surface area contributed by atoms with Gasteiger partial charge in [0.25, 0.3) is 5.56 Å². The zero-order valence-electron chi connectivity index (χ0n) is 6.77. The van der Waals surface area contributed by atoms with Crippen LogP contribution in [-0.4, -0.2) is 4.98 Å². The molecule has 1 aromatic carbocycles. The Kier molecular flexibility index (Phi) is 2.61. The van der Waals surface area contributed by atoms with E-state index in [9.17, 15) is 9.18 Å². The van der Waals surface area contributed by atoms with E-state index in [1.807, 2.05) is 0 Å². The first-order valence-electron chi connectivity index (χ1n) is 3.75. The van der Waals surface area contributed by atoms with E-state index in [2.05, 4.69) is 43.5 Å². The molecule has 0 unspecified atom stereocenters. The lowest BCUT2D eigenvalue weighted by atomic mass is 10.2. The van der Waals surface area contributed by atoms with Crippen LogP contribution in [0.4, 0.5) is 4.39 Å². The second-order valence-corrected chi connectivity index (χ2v) is 4.85. The van der Waals surface area contributed by atoms with Crippen LogP contribution in [-0.2, 0) is 0 Å². The van der Waals surface area contributed by atoms with Crippen LogP contribution >= 0.6 is 38.5 Å². The van der Waals surface area contributed by atoms with Gasteiger partial charge in [0.2, 0.25) is 0 Å². The molecule has 1 heterocycles. The van der Waals surface area contributed by atoms with E-state index in [-0.39, 0.29) is 5.39 Å². The van der Waals surface area contributed by atoms with Gasteiger partial charge >= 0.3 is 0 Å². The molecule has 0 fully saturated rings. The van der Waals surface area contributed by atoms with E-state index in [0.717, 1.165) is 3.57 Å². The molecule has 0 saturated carbocycles. The van der Waals surface area contributed by atoms with Gasteiger partial charge in [-0.25, -0.2) is 4.39 Å². The fourth-order valence-corrected chi connectivity index (χ4v) is 2.28. The summed E-state index contributed by atoms with van der Waals surface area (Å²) in [5.41, 5.74) is -0.398. The molecular formula is C9H4BrFINO. The number of nitrogens with one attached hydrogen (secondary N) is 1. The minimum Gasteiger partial charge on any atom is -0.327 e. The van der Waals surface area contributed by atoms with Crippen molar-refractivity contribution in [2.75, 3.05) is 0 Å². The number of rotatable bonds is 0. The van der Waals surface area contributed by atoms with Crippen molar-refractivity contribution in [2.45, 2.75) is 0 Å². The lowest BCUT2D eigenvalue weighted by Crippen LogP contribution is -2.08. The maximum absolute atomic E-state index is 13.4. The normalized spacial score (nSPS) is 10.8. The minimum absolute atomic E-state index is 0.111. The van der Waals surface area contributed by atoms with Gasteiger partial charge in [0.1, 0.15) is 5.82 Å². The number of pyridine rings is 1. The first-order valence-corrected chi connectivity index (χ1v) is 5.62. The third-order valence-corrected chi connectivity index (χ3v) is 3.22. The summed E-state index contributed by atoms with van der Waals surface area (Å²) in [6, 6.07) is 3.02. The van der Waals surface area contributed by atoms with Crippen LogP contribution in [0.2, 0.25) is 0 Å². The summed E-state index contributed by atoms with van der Waals surface area (Å²) in [7, 11) is 0. The largest absolute Gasteiger partial charge is 0.327 e. The summed E-state index contributed by atoms with van der Waals surface area (Å²) in [5, 5.41) is 0.737. The van der Waals surface area contributed by atoms with Crippen molar-refractivity contribution in [3.05, 3.63) is 42.5 Å². The molecule has 1 aromatic heterocycles. The standard InChI is InChI=1S/C9H4BrFINO/c10-4-1-5-7(12)3-13-9(14)8(5)6(11)2-4/h1-3H,(H,13,14). The van der Waals surface area contributed by atoms with Crippen LogP contribution in [0.1, 0.15) is 0 Å². The Hall–Kier alpha value is -0.430. The second kappa shape index (κ2) is 3.62. The van der Waals surface area contributed by atoms with Crippen molar-refractivity contribution in [3.63, 3.8) is 0 Å². The number of hydrogen-bond acceptors (Lipinski definition) is 1. The Labute approximate surface area is 101 Å². The molecule has 0 atom stereocenters. The molecule has 2 rings (SSSR count). The number of halogens is 3. The van der Waals surface area contributed by atoms with Crippen LogP contribution in [0.15, 0.2) is 27.6 Å². The maximum Gasteiger partial charge on any atom is 0.258 e. The Morgan fingerprint density at radius 2 is 2.14 bits per heavy atom. The van der Waals surface area contributed by atoms with Gasteiger partial charge in [0.05, 0.1) is 5.39 Å². The monoisotopic (exact) mass is 367 g/mol. The molecule has 0 bridgehead atoms. The number of H-pyrrole nitrogens is 1. The highest BCUT2D eigenvalue weighted by Crippen LogP contribution is 2.23. The number of hydrogen-bond donors (Lipinski definition) is 1. The lowest BCUT2D eigenvalue weighted by Gasteiger charge is -2.01. The molecule has 72 valence electrons. The Balaban J connectivity index is 3.08. The summed E-state index contributed by atoms with van der Waals surface area (Å²) in [6.45, 7) is 0. The van der Waals surface area contributed by atoms with Gasteiger partial charge in [0, 0.05) is 19.6 Å². The topological polar surface area (TPSA) is 32.9 Å². The fraction of sp³-hybridized carbons (Fsp3) is 0. The highest BCUT2D eigenvalue weighted by Gasteiger charge is 2.08. The van der Waals surface area contributed by atoms with Crippen LogP contribution in [0.3, 0.4) is 0 Å². The number of benzene rings is 1. The average molecular weight is 368 g/mol. The molecule has 0 amide bonds.